The molecule has 3 rings (SSSR count). The van der Waals surface area contributed by atoms with Crippen LogP contribution in [0.3, 0.4) is 0 Å². The summed E-state index contributed by atoms with van der Waals surface area (Å²) in [5.41, 5.74) is 1.23. The van der Waals surface area contributed by atoms with Crippen LogP contribution in [0.5, 0.6) is 0 Å². The maximum absolute atomic E-state index is 12.9. The van der Waals surface area contributed by atoms with Crippen LogP contribution >= 0.6 is 0 Å². The van der Waals surface area contributed by atoms with E-state index < -0.39 is 0 Å². The Morgan fingerprint density at radius 1 is 1.22 bits per heavy atom. The molecule has 2 N–H and O–H groups in total. The summed E-state index contributed by atoms with van der Waals surface area (Å²) in [5, 5.41) is 6.01. The van der Waals surface area contributed by atoms with Gasteiger partial charge in [-0.2, -0.15) is 0 Å². The summed E-state index contributed by atoms with van der Waals surface area (Å²) in [7, 11) is 0. The average Bonchev–Trinajstić information content (AvgIpc) is 3.20. The fourth-order valence-electron chi connectivity index (χ4n) is 3.57. The molecule has 6 heteroatoms. The lowest BCUT2D eigenvalue weighted by atomic mass is 9.97. The second-order valence-electron chi connectivity index (χ2n) is 7.33. The Morgan fingerprint density at radius 3 is 2.59 bits per heavy atom. The van der Waals surface area contributed by atoms with E-state index in [1.807, 2.05) is 35.2 Å². The van der Waals surface area contributed by atoms with Gasteiger partial charge in [-0.05, 0) is 43.4 Å². The minimum atomic E-state index is -0.237. The van der Waals surface area contributed by atoms with E-state index in [2.05, 4.69) is 10.6 Å². The van der Waals surface area contributed by atoms with E-state index in [-0.39, 0.29) is 11.8 Å². The van der Waals surface area contributed by atoms with Crippen LogP contribution in [0.1, 0.15) is 31.7 Å². The first kappa shape index (κ1) is 19.6. The molecule has 2 aliphatic heterocycles. The van der Waals surface area contributed by atoms with Crippen molar-refractivity contribution >= 4 is 17.9 Å². The van der Waals surface area contributed by atoms with Crippen molar-refractivity contribution in [2.75, 3.05) is 32.8 Å². The summed E-state index contributed by atoms with van der Waals surface area (Å²) < 4.78 is 5.98. The molecular weight excluding hydrogens is 342 g/mol. The van der Waals surface area contributed by atoms with Crippen molar-refractivity contribution in [2.24, 2.45) is 5.92 Å². The molecule has 2 saturated heterocycles. The number of amides is 2. The van der Waals surface area contributed by atoms with Crippen molar-refractivity contribution in [3.05, 3.63) is 41.6 Å². The number of hydrogen-bond donors (Lipinski definition) is 2. The van der Waals surface area contributed by atoms with Gasteiger partial charge in [-0.15, -0.1) is 0 Å². The van der Waals surface area contributed by atoms with E-state index in [0.29, 0.717) is 30.8 Å². The topological polar surface area (TPSA) is 70.7 Å². The van der Waals surface area contributed by atoms with Crippen LogP contribution in [0.2, 0.25) is 0 Å². The zero-order valence-electron chi connectivity index (χ0n) is 15.9. The minimum absolute atomic E-state index is 0.117. The van der Waals surface area contributed by atoms with E-state index in [4.69, 9.17) is 4.74 Å². The van der Waals surface area contributed by atoms with E-state index in [1.54, 1.807) is 6.08 Å². The molecule has 0 bridgehead atoms. The van der Waals surface area contributed by atoms with Gasteiger partial charge >= 0.3 is 0 Å². The number of rotatable bonds is 6. The summed E-state index contributed by atoms with van der Waals surface area (Å²) in [6, 6.07) is 9.57. The Bertz CT molecular complexity index is 661. The largest absolute Gasteiger partial charge is 0.377 e. The maximum Gasteiger partial charge on any atom is 0.270 e. The highest BCUT2D eigenvalue weighted by atomic mass is 16.5. The maximum atomic E-state index is 12.9. The van der Waals surface area contributed by atoms with Gasteiger partial charge in [0.05, 0.1) is 6.10 Å². The van der Waals surface area contributed by atoms with Crippen molar-refractivity contribution in [3.63, 3.8) is 0 Å². The number of hydrogen-bond acceptors (Lipinski definition) is 4. The lowest BCUT2D eigenvalue weighted by Crippen LogP contribution is -2.43. The monoisotopic (exact) mass is 371 g/mol. The molecule has 2 fully saturated rings. The van der Waals surface area contributed by atoms with Crippen molar-refractivity contribution in [3.8, 4) is 0 Å². The van der Waals surface area contributed by atoms with Gasteiger partial charge in [-0.1, -0.05) is 30.3 Å². The van der Waals surface area contributed by atoms with Crippen molar-refractivity contribution < 1.29 is 14.3 Å². The molecule has 0 saturated carbocycles. The molecule has 0 aliphatic carbocycles. The predicted molar refractivity (Wildman–Crippen MR) is 105 cm³/mol. The molecule has 2 amide bonds. The van der Waals surface area contributed by atoms with Crippen molar-refractivity contribution in [1.29, 1.82) is 0 Å². The van der Waals surface area contributed by atoms with Crippen molar-refractivity contribution in [2.45, 2.75) is 32.3 Å². The van der Waals surface area contributed by atoms with E-state index >= 15 is 0 Å². The van der Waals surface area contributed by atoms with Crippen molar-refractivity contribution in [1.82, 2.24) is 15.5 Å². The quantitative estimate of drug-likeness (QED) is 0.748. The summed E-state index contributed by atoms with van der Waals surface area (Å²) in [6.45, 7) is 5.57. The summed E-state index contributed by atoms with van der Waals surface area (Å²) in [4.78, 5) is 26.3. The van der Waals surface area contributed by atoms with Crippen LogP contribution < -0.4 is 10.6 Å². The number of carbonyl (C=O) groups excluding carboxylic acids is 2. The number of nitrogens with zero attached hydrogens (tertiary/aromatic N) is 1. The molecule has 1 aromatic carbocycles. The standard InChI is InChI=1S/C21H29N3O3/c1-16(25)23-20(13-17-5-3-2-4-6-17)21(26)24-11-8-18(9-12-24)15-27-19-7-10-22-14-19/h2-6,13,18-19,22H,7-12,14-15H2,1H3,(H,23,25)/b20-13-. The Balaban J connectivity index is 1.55. The highest BCUT2D eigenvalue weighted by Crippen LogP contribution is 2.20. The summed E-state index contributed by atoms with van der Waals surface area (Å²) in [6.07, 6.45) is 5.04. The predicted octanol–water partition coefficient (Wildman–Crippen LogP) is 1.78. The van der Waals surface area contributed by atoms with E-state index in [0.717, 1.165) is 44.5 Å². The number of carbonyl (C=O) groups is 2. The van der Waals surface area contributed by atoms with Crippen LogP contribution in [0.4, 0.5) is 0 Å². The number of benzene rings is 1. The summed E-state index contributed by atoms with van der Waals surface area (Å²) in [5.74, 6) is 0.143. The molecule has 1 unspecified atom stereocenters. The first-order chi connectivity index (χ1) is 13.1. The molecule has 27 heavy (non-hydrogen) atoms. The van der Waals surface area contributed by atoms with Gasteiger partial charge in [0.2, 0.25) is 5.91 Å². The fourth-order valence-corrected chi connectivity index (χ4v) is 3.57. The Morgan fingerprint density at radius 2 is 1.96 bits per heavy atom. The van der Waals surface area contributed by atoms with Gasteiger partial charge in [-0.3, -0.25) is 9.59 Å². The van der Waals surface area contributed by atoms with Crippen LogP contribution in [0.15, 0.2) is 36.0 Å². The first-order valence-electron chi connectivity index (χ1n) is 9.78. The molecule has 2 heterocycles. The Hall–Kier alpha value is -2.18. The minimum Gasteiger partial charge on any atom is -0.377 e. The van der Waals surface area contributed by atoms with Crippen LogP contribution in [0, 0.1) is 5.92 Å². The number of piperidine rings is 1. The third-order valence-corrected chi connectivity index (χ3v) is 5.14. The lowest BCUT2D eigenvalue weighted by Gasteiger charge is -2.33. The average molecular weight is 371 g/mol. The Kier molecular flexibility index (Phi) is 7.01. The van der Waals surface area contributed by atoms with Gasteiger partial charge in [-0.25, -0.2) is 0 Å². The van der Waals surface area contributed by atoms with E-state index in [9.17, 15) is 9.59 Å². The third-order valence-electron chi connectivity index (χ3n) is 5.14. The van der Waals surface area contributed by atoms with Gasteiger partial charge in [0, 0.05) is 33.2 Å². The zero-order chi connectivity index (χ0) is 19.1. The molecule has 1 aromatic rings. The molecule has 0 spiro atoms. The molecule has 2 aliphatic rings. The molecule has 146 valence electrons. The van der Waals surface area contributed by atoms with Gasteiger partial charge in [0.25, 0.3) is 5.91 Å². The number of ether oxygens (including phenoxy) is 1. The molecule has 1 atom stereocenters. The third kappa shape index (κ3) is 5.91. The summed E-state index contributed by atoms with van der Waals surface area (Å²) >= 11 is 0. The first-order valence-corrected chi connectivity index (χ1v) is 9.78. The molecule has 0 aromatic heterocycles. The van der Waals surface area contributed by atoms with E-state index in [1.165, 1.54) is 6.92 Å². The van der Waals surface area contributed by atoms with Gasteiger partial charge in [0.15, 0.2) is 0 Å². The van der Waals surface area contributed by atoms with Crippen LogP contribution in [0.25, 0.3) is 6.08 Å². The highest BCUT2D eigenvalue weighted by Gasteiger charge is 2.26. The Labute approximate surface area is 161 Å². The van der Waals surface area contributed by atoms with Gasteiger partial charge in [0.1, 0.15) is 5.70 Å². The molecule has 6 nitrogen and oxygen atoms in total. The number of nitrogens with one attached hydrogen (secondary N) is 2. The second kappa shape index (κ2) is 9.67. The number of likely N-dealkylation sites (tertiary alicyclic amines) is 1. The smallest absolute Gasteiger partial charge is 0.270 e. The van der Waals surface area contributed by atoms with Crippen LogP contribution in [-0.2, 0) is 14.3 Å². The second-order valence-corrected chi connectivity index (χ2v) is 7.33. The zero-order valence-corrected chi connectivity index (χ0v) is 15.9. The normalized spacial score (nSPS) is 21.3. The molecular formula is C21H29N3O3. The lowest BCUT2D eigenvalue weighted by molar-refractivity contribution is -0.130. The van der Waals surface area contributed by atoms with Crippen LogP contribution in [-0.4, -0.2) is 55.6 Å². The fraction of sp³-hybridized carbons (Fsp3) is 0.524. The SMILES string of the molecule is CC(=O)N/C(=C\c1ccccc1)C(=O)N1CCC(COC2CCNC2)CC1. The van der Waals surface area contributed by atoms with Gasteiger partial charge < -0.3 is 20.3 Å². The molecule has 0 radical (unpaired) electrons. The highest BCUT2D eigenvalue weighted by molar-refractivity contribution is 6.00.